The molecular formula is C27H30FN3O3. The van der Waals surface area contributed by atoms with E-state index < -0.39 is 11.7 Å². The number of aromatic nitrogens is 2. The zero-order valence-electron chi connectivity index (χ0n) is 20.2. The number of aryl methyl sites for hydroxylation is 1. The van der Waals surface area contributed by atoms with Crippen LogP contribution in [0.3, 0.4) is 0 Å². The van der Waals surface area contributed by atoms with Crippen LogP contribution in [0.1, 0.15) is 43.5 Å². The third kappa shape index (κ3) is 5.20. The zero-order valence-corrected chi connectivity index (χ0v) is 20.2. The number of benzene rings is 2. The van der Waals surface area contributed by atoms with Crippen LogP contribution in [0.5, 0.6) is 5.75 Å². The first-order valence-electron chi connectivity index (χ1n) is 11.0. The summed E-state index contributed by atoms with van der Waals surface area (Å²) in [5.74, 6) is 0.265. The van der Waals surface area contributed by atoms with E-state index in [0.29, 0.717) is 23.3 Å². The second-order valence-electron chi connectivity index (χ2n) is 8.43. The van der Waals surface area contributed by atoms with Crippen LogP contribution in [0, 0.1) is 5.82 Å². The quantitative estimate of drug-likeness (QED) is 0.483. The first kappa shape index (κ1) is 24.8. The Morgan fingerprint density at radius 2 is 1.85 bits per heavy atom. The maximum atomic E-state index is 13.4. The van der Waals surface area contributed by atoms with Gasteiger partial charge in [-0.2, -0.15) is 0 Å². The van der Waals surface area contributed by atoms with Gasteiger partial charge in [-0.15, -0.1) is 0 Å². The molecule has 0 aliphatic carbocycles. The predicted octanol–water partition coefficient (Wildman–Crippen LogP) is 4.77. The minimum Gasteiger partial charge on any atom is -0.495 e. The van der Waals surface area contributed by atoms with E-state index in [4.69, 9.17) is 4.74 Å². The van der Waals surface area contributed by atoms with Crippen molar-refractivity contribution in [2.24, 2.45) is 7.05 Å². The van der Waals surface area contributed by atoms with Crippen molar-refractivity contribution in [1.82, 2.24) is 9.13 Å². The van der Waals surface area contributed by atoms with Gasteiger partial charge in [0.05, 0.1) is 18.8 Å². The van der Waals surface area contributed by atoms with Crippen molar-refractivity contribution in [1.29, 1.82) is 0 Å². The Kier molecular flexibility index (Phi) is 7.56. The van der Waals surface area contributed by atoms with Crippen molar-refractivity contribution >= 4 is 5.69 Å². The van der Waals surface area contributed by atoms with E-state index >= 15 is 0 Å². The number of hydrogen-bond donors (Lipinski definition) is 0. The molecule has 0 radical (unpaired) electrons. The molecule has 0 saturated carbocycles. The molecule has 0 saturated heterocycles. The Hall–Kier alpha value is -3.87. The van der Waals surface area contributed by atoms with E-state index in [1.54, 1.807) is 45.6 Å². The van der Waals surface area contributed by atoms with Crippen molar-refractivity contribution in [3.63, 3.8) is 0 Å². The summed E-state index contributed by atoms with van der Waals surface area (Å²) in [4.78, 5) is 28.0. The van der Waals surface area contributed by atoms with Crippen molar-refractivity contribution in [3.8, 4) is 5.75 Å². The summed E-state index contributed by atoms with van der Waals surface area (Å²) in [6.07, 6.45) is 5.54. The highest BCUT2D eigenvalue weighted by Crippen LogP contribution is 2.31. The van der Waals surface area contributed by atoms with Crippen LogP contribution >= 0.6 is 0 Å². The molecule has 1 unspecified atom stereocenters. The van der Waals surface area contributed by atoms with Gasteiger partial charge in [0.25, 0.3) is 5.56 Å². The van der Waals surface area contributed by atoms with Gasteiger partial charge >= 0.3 is 5.69 Å². The molecular weight excluding hydrogens is 433 g/mol. The lowest BCUT2D eigenvalue weighted by molar-refractivity contribution is 0.415. The maximum absolute atomic E-state index is 13.4. The molecule has 0 fully saturated rings. The molecule has 1 heterocycles. The molecule has 7 heteroatoms. The Morgan fingerprint density at radius 1 is 1.18 bits per heavy atom. The second-order valence-corrected chi connectivity index (χ2v) is 8.43. The summed E-state index contributed by atoms with van der Waals surface area (Å²) in [6, 6.07) is 11.0. The van der Waals surface area contributed by atoms with Gasteiger partial charge in [-0.1, -0.05) is 30.4 Å². The topological polar surface area (TPSA) is 56.5 Å². The Balaban J connectivity index is 2.03. The molecule has 3 rings (SSSR count). The van der Waals surface area contributed by atoms with Gasteiger partial charge in [-0.05, 0) is 56.2 Å². The average molecular weight is 464 g/mol. The van der Waals surface area contributed by atoms with Crippen LogP contribution < -0.4 is 20.9 Å². The number of rotatable bonds is 8. The summed E-state index contributed by atoms with van der Waals surface area (Å²) < 4.78 is 21.6. The van der Waals surface area contributed by atoms with Crippen LogP contribution in [0.2, 0.25) is 0 Å². The van der Waals surface area contributed by atoms with E-state index in [9.17, 15) is 14.0 Å². The Labute approximate surface area is 198 Å². The van der Waals surface area contributed by atoms with Gasteiger partial charge in [-0.25, -0.2) is 9.18 Å². The van der Waals surface area contributed by atoms with Gasteiger partial charge < -0.3 is 14.2 Å². The first-order chi connectivity index (χ1) is 16.2. The van der Waals surface area contributed by atoms with Crippen LogP contribution in [-0.4, -0.2) is 16.2 Å². The highest BCUT2D eigenvalue weighted by molar-refractivity contribution is 5.63. The third-order valence-corrected chi connectivity index (χ3v) is 5.60. The molecule has 1 aromatic heterocycles. The van der Waals surface area contributed by atoms with E-state index in [-0.39, 0.29) is 11.4 Å². The molecule has 34 heavy (non-hydrogen) atoms. The fraction of sp³-hybridized carbons (Fsp3) is 0.259. The number of hydrogen-bond acceptors (Lipinski definition) is 4. The summed E-state index contributed by atoms with van der Waals surface area (Å²) in [6.45, 7) is 9.61. The smallest absolute Gasteiger partial charge is 0.331 e. The summed E-state index contributed by atoms with van der Waals surface area (Å²) in [7, 11) is 3.21. The van der Waals surface area contributed by atoms with Gasteiger partial charge in [-0.3, -0.25) is 9.36 Å². The van der Waals surface area contributed by atoms with Gasteiger partial charge in [0, 0.05) is 37.6 Å². The molecule has 0 N–H and O–H groups in total. The lowest BCUT2D eigenvalue weighted by Crippen LogP contribution is -2.42. The van der Waals surface area contributed by atoms with Gasteiger partial charge in [0.1, 0.15) is 11.6 Å². The number of nitrogens with zero attached hydrogens (tertiary/aromatic N) is 3. The summed E-state index contributed by atoms with van der Waals surface area (Å²) in [5, 5.41) is 0. The van der Waals surface area contributed by atoms with E-state index in [1.165, 1.54) is 21.3 Å². The number of anilines is 1. The fourth-order valence-corrected chi connectivity index (χ4v) is 3.87. The molecule has 0 spiro atoms. The van der Waals surface area contributed by atoms with Gasteiger partial charge in [0.15, 0.2) is 0 Å². The number of halogens is 1. The minimum atomic E-state index is -0.547. The molecule has 3 aromatic rings. The average Bonchev–Trinajstić information content (AvgIpc) is 2.81. The number of allylic oxidation sites excluding steroid dienone is 1. The maximum Gasteiger partial charge on any atom is 0.331 e. The molecule has 0 amide bonds. The van der Waals surface area contributed by atoms with Crippen molar-refractivity contribution < 1.29 is 9.13 Å². The summed E-state index contributed by atoms with van der Waals surface area (Å²) >= 11 is 0. The highest BCUT2D eigenvalue weighted by Gasteiger charge is 2.18. The Bertz CT molecular complexity index is 1330. The monoisotopic (exact) mass is 463 g/mol. The number of ether oxygens (including phenoxy) is 1. The molecule has 0 bridgehead atoms. The molecule has 0 aliphatic rings. The van der Waals surface area contributed by atoms with Crippen molar-refractivity contribution in [3.05, 3.63) is 117 Å². The Morgan fingerprint density at radius 3 is 2.44 bits per heavy atom. The van der Waals surface area contributed by atoms with Crippen molar-refractivity contribution in [2.45, 2.75) is 33.2 Å². The zero-order chi connectivity index (χ0) is 25.0. The molecule has 0 aliphatic heterocycles. The minimum absolute atomic E-state index is 0.316. The van der Waals surface area contributed by atoms with Crippen molar-refractivity contribution in [2.75, 3.05) is 12.0 Å². The van der Waals surface area contributed by atoms with Gasteiger partial charge in [0.2, 0.25) is 0 Å². The lowest BCUT2D eigenvalue weighted by atomic mass is 10.0. The lowest BCUT2D eigenvalue weighted by Gasteiger charge is -2.20. The third-order valence-electron chi connectivity index (χ3n) is 5.60. The highest BCUT2D eigenvalue weighted by atomic mass is 19.1. The fourth-order valence-electron chi connectivity index (χ4n) is 3.87. The predicted molar refractivity (Wildman–Crippen MR) is 134 cm³/mol. The molecule has 6 nitrogen and oxygen atoms in total. The van der Waals surface area contributed by atoms with Crippen LogP contribution in [0.4, 0.5) is 10.1 Å². The standard InChI is InChI=1S/C27H30FN3O3/c1-7-30(16-18(2)3)24-13-8-20(15-25(24)34-6)14-22-17-29(5)27(33)31(26(22)32)19(4)21-9-11-23(28)12-10-21/h7-13,15-17,19H,1,14H2,2-6H3. The van der Waals surface area contributed by atoms with E-state index in [2.05, 4.69) is 6.58 Å². The van der Waals surface area contributed by atoms with Crippen LogP contribution in [-0.2, 0) is 13.5 Å². The molecule has 178 valence electrons. The SMILES string of the molecule is C=CN(C=C(C)C)c1ccc(Cc2cn(C)c(=O)n(C(C)c3ccc(F)cc3)c2=O)cc1OC. The summed E-state index contributed by atoms with van der Waals surface area (Å²) in [5.41, 5.74) is 3.13. The van der Waals surface area contributed by atoms with Crippen LogP contribution in [0.25, 0.3) is 0 Å². The van der Waals surface area contributed by atoms with Crippen LogP contribution in [0.15, 0.2) is 82.8 Å². The first-order valence-corrected chi connectivity index (χ1v) is 11.0. The largest absolute Gasteiger partial charge is 0.495 e. The van der Waals surface area contributed by atoms with E-state index in [0.717, 1.165) is 16.8 Å². The molecule has 2 aromatic carbocycles. The second kappa shape index (κ2) is 10.4. The normalized spacial score (nSPS) is 11.6. The molecule has 1 atom stereocenters. The van der Waals surface area contributed by atoms with E-state index in [1.807, 2.05) is 43.1 Å². The number of methoxy groups -OCH3 is 1.